The maximum absolute atomic E-state index is 12.1. The number of carbonyl (C=O) groups excluding carboxylic acids is 2. The third-order valence-corrected chi connectivity index (χ3v) is 3.38. The van der Waals surface area contributed by atoms with Crippen molar-refractivity contribution in [1.82, 2.24) is 10.6 Å². The molecule has 116 valence electrons. The Hall–Kier alpha value is -1.88. The van der Waals surface area contributed by atoms with Gasteiger partial charge in [0.1, 0.15) is 6.04 Å². The van der Waals surface area contributed by atoms with E-state index in [-0.39, 0.29) is 11.9 Å². The molecule has 1 rings (SSSR count). The second-order valence-corrected chi connectivity index (χ2v) is 5.07. The highest BCUT2D eigenvalue weighted by molar-refractivity contribution is 5.83. The molecule has 0 aromatic heterocycles. The molecule has 3 unspecified atom stereocenters. The number of methoxy groups -OCH3 is 1. The predicted molar refractivity (Wildman–Crippen MR) is 81.7 cm³/mol. The zero-order valence-corrected chi connectivity index (χ0v) is 13.1. The number of amides is 1. The third kappa shape index (κ3) is 5.19. The minimum atomic E-state index is -0.658. The lowest BCUT2D eigenvalue weighted by atomic mass is 10.1. The number of nitrogens with one attached hydrogen (secondary N) is 2. The molecule has 21 heavy (non-hydrogen) atoms. The second kappa shape index (κ2) is 8.42. The van der Waals surface area contributed by atoms with Crippen molar-refractivity contribution in [3.63, 3.8) is 0 Å². The summed E-state index contributed by atoms with van der Waals surface area (Å²) in [5.74, 6) is -0.543. The Morgan fingerprint density at radius 2 is 1.81 bits per heavy atom. The summed E-state index contributed by atoms with van der Waals surface area (Å²) in [6.07, 6.45) is 0.859. The van der Waals surface area contributed by atoms with E-state index < -0.39 is 18.1 Å². The van der Waals surface area contributed by atoms with Gasteiger partial charge in [-0.15, -0.1) is 0 Å². The fourth-order valence-corrected chi connectivity index (χ4v) is 1.86. The Morgan fingerprint density at radius 1 is 1.19 bits per heavy atom. The van der Waals surface area contributed by atoms with E-state index in [9.17, 15) is 9.59 Å². The van der Waals surface area contributed by atoms with Crippen LogP contribution in [-0.2, 0) is 14.3 Å². The molecule has 0 bridgehead atoms. The van der Waals surface area contributed by atoms with E-state index in [0.29, 0.717) is 0 Å². The predicted octanol–water partition coefficient (Wildman–Crippen LogP) is 1.79. The van der Waals surface area contributed by atoms with Crippen LogP contribution in [0.5, 0.6) is 0 Å². The minimum absolute atomic E-state index is 0.107. The summed E-state index contributed by atoms with van der Waals surface area (Å²) in [7, 11) is 1.34. The van der Waals surface area contributed by atoms with Gasteiger partial charge >= 0.3 is 5.97 Å². The van der Waals surface area contributed by atoms with Crippen LogP contribution in [0.25, 0.3) is 0 Å². The van der Waals surface area contributed by atoms with Gasteiger partial charge in [-0.2, -0.15) is 0 Å². The molecular weight excluding hydrogens is 268 g/mol. The number of hydrogen-bond acceptors (Lipinski definition) is 4. The standard InChI is InChI=1S/C16H24N2O3/c1-5-11(2)17-15(19)12(3)18-14(16(20)21-4)13-9-7-6-8-10-13/h6-12,14,18H,5H2,1-4H3,(H,17,19). The lowest BCUT2D eigenvalue weighted by molar-refractivity contribution is -0.143. The molecule has 1 amide bonds. The molecule has 1 aromatic rings. The van der Waals surface area contributed by atoms with E-state index in [4.69, 9.17) is 4.74 Å². The van der Waals surface area contributed by atoms with Crippen molar-refractivity contribution < 1.29 is 14.3 Å². The summed E-state index contributed by atoms with van der Waals surface area (Å²) in [4.78, 5) is 24.0. The lowest BCUT2D eigenvalue weighted by Crippen LogP contribution is -2.48. The Balaban J connectivity index is 2.78. The van der Waals surface area contributed by atoms with Crippen LogP contribution in [0.4, 0.5) is 0 Å². The van der Waals surface area contributed by atoms with Crippen LogP contribution < -0.4 is 10.6 Å². The maximum Gasteiger partial charge on any atom is 0.327 e. The smallest absolute Gasteiger partial charge is 0.327 e. The largest absolute Gasteiger partial charge is 0.468 e. The first-order valence-corrected chi connectivity index (χ1v) is 7.18. The third-order valence-electron chi connectivity index (χ3n) is 3.38. The van der Waals surface area contributed by atoms with Gasteiger partial charge < -0.3 is 10.1 Å². The van der Waals surface area contributed by atoms with Crippen molar-refractivity contribution in [2.24, 2.45) is 0 Å². The zero-order valence-electron chi connectivity index (χ0n) is 13.1. The molecule has 0 radical (unpaired) electrons. The summed E-state index contributed by atoms with van der Waals surface area (Å²) in [6, 6.07) is 8.17. The highest BCUT2D eigenvalue weighted by Gasteiger charge is 2.25. The monoisotopic (exact) mass is 292 g/mol. The van der Waals surface area contributed by atoms with Crippen LogP contribution in [0.1, 0.15) is 38.8 Å². The topological polar surface area (TPSA) is 67.4 Å². The molecule has 3 atom stereocenters. The molecule has 1 aromatic carbocycles. The summed E-state index contributed by atoms with van der Waals surface area (Å²) < 4.78 is 4.82. The SMILES string of the molecule is CCC(C)NC(=O)C(C)NC(C(=O)OC)c1ccccc1. The first-order valence-electron chi connectivity index (χ1n) is 7.18. The molecule has 0 saturated heterocycles. The second-order valence-electron chi connectivity index (χ2n) is 5.07. The molecule has 0 heterocycles. The molecular formula is C16H24N2O3. The number of esters is 1. The average Bonchev–Trinajstić information content (AvgIpc) is 2.52. The summed E-state index contributed by atoms with van der Waals surface area (Å²) >= 11 is 0. The van der Waals surface area contributed by atoms with Crippen LogP contribution >= 0.6 is 0 Å². The molecule has 0 aliphatic rings. The first kappa shape index (κ1) is 17.2. The average molecular weight is 292 g/mol. The van der Waals surface area contributed by atoms with E-state index in [1.165, 1.54) is 7.11 Å². The van der Waals surface area contributed by atoms with Gasteiger partial charge in [-0.05, 0) is 25.8 Å². The van der Waals surface area contributed by atoms with Gasteiger partial charge in [0.25, 0.3) is 0 Å². The minimum Gasteiger partial charge on any atom is -0.468 e. The van der Waals surface area contributed by atoms with E-state index >= 15 is 0 Å². The summed E-state index contributed by atoms with van der Waals surface area (Å²) in [5, 5.41) is 5.92. The fraction of sp³-hybridized carbons (Fsp3) is 0.500. The number of hydrogen-bond donors (Lipinski definition) is 2. The Labute approximate surface area is 126 Å². The van der Waals surface area contributed by atoms with Crippen LogP contribution in [0, 0.1) is 0 Å². The molecule has 2 N–H and O–H groups in total. The molecule has 5 nitrogen and oxygen atoms in total. The fourth-order valence-electron chi connectivity index (χ4n) is 1.86. The number of ether oxygens (including phenoxy) is 1. The van der Waals surface area contributed by atoms with Gasteiger partial charge in [0.05, 0.1) is 13.2 Å². The van der Waals surface area contributed by atoms with Crippen molar-refractivity contribution in [3.8, 4) is 0 Å². The van der Waals surface area contributed by atoms with E-state index in [0.717, 1.165) is 12.0 Å². The Bertz CT molecular complexity index is 462. The van der Waals surface area contributed by atoms with Crippen LogP contribution in [0.15, 0.2) is 30.3 Å². The van der Waals surface area contributed by atoms with Crippen molar-refractivity contribution in [2.45, 2.75) is 45.3 Å². The van der Waals surface area contributed by atoms with Crippen molar-refractivity contribution in [3.05, 3.63) is 35.9 Å². The Morgan fingerprint density at radius 3 is 2.33 bits per heavy atom. The van der Waals surface area contributed by atoms with Gasteiger partial charge in [-0.1, -0.05) is 37.3 Å². The molecule has 5 heteroatoms. The molecule has 0 fully saturated rings. The first-order chi connectivity index (χ1) is 9.99. The molecule has 0 aliphatic carbocycles. The van der Waals surface area contributed by atoms with Crippen molar-refractivity contribution in [2.75, 3.05) is 7.11 Å². The van der Waals surface area contributed by atoms with E-state index in [1.54, 1.807) is 6.92 Å². The van der Waals surface area contributed by atoms with Gasteiger partial charge in [-0.3, -0.25) is 10.1 Å². The van der Waals surface area contributed by atoms with E-state index in [2.05, 4.69) is 10.6 Å². The quantitative estimate of drug-likeness (QED) is 0.752. The lowest BCUT2D eigenvalue weighted by Gasteiger charge is -2.22. The van der Waals surface area contributed by atoms with Crippen molar-refractivity contribution in [1.29, 1.82) is 0 Å². The summed E-state index contributed by atoms with van der Waals surface area (Å²) in [5.41, 5.74) is 0.771. The van der Waals surface area contributed by atoms with Crippen LogP contribution in [0.2, 0.25) is 0 Å². The van der Waals surface area contributed by atoms with Crippen molar-refractivity contribution >= 4 is 11.9 Å². The van der Waals surface area contributed by atoms with Gasteiger partial charge in [0, 0.05) is 6.04 Å². The molecule has 0 spiro atoms. The highest BCUT2D eigenvalue weighted by atomic mass is 16.5. The van der Waals surface area contributed by atoms with Gasteiger partial charge in [0.2, 0.25) is 5.91 Å². The maximum atomic E-state index is 12.1. The highest BCUT2D eigenvalue weighted by Crippen LogP contribution is 2.15. The Kier molecular flexibility index (Phi) is 6.88. The van der Waals surface area contributed by atoms with Crippen LogP contribution in [-0.4, -0.2) is 31.1 Å². The number of benzene rings is 1. The molecule has 0 aliphatic heterocycles. The van der Waals surface area contributed by atoms with Crippen LogP contribution in [0.3, 0.4) is 0 Å². The number of carbonyl (C=O) groups is 2. The van der Waals surface area contributed by atoms with Gasteiger partial charge in [0.15, 0.2) is 0 Å². The van der Waals surface area contributed by atoms with Gasteiger partial charge in [-0.25, -0.2) is 4.79 Å². The normalized spacial score (nSPS) is 14.9. The number of rotatable bonds is 7. The van der Waals surface area contributed by atoms with E-state index in [1.807, 2.05) is 44.2 Å². The molecule has 0 saturated carbocycles. The zero-order chi connectivity index (χ0) is 15.8. The summed E-state index contributed by atoms with van der Waals surface area (Å²) in [6.45, 7) is 5.68.